The van der Waals surface area contributed by atoms with Crippen molar-refractivity contribution in [3.63, 3.8) is 0 Å². The minimum Gasteiger partial charge on any atom is -0.382 e. The fourth-order valence-electron chi connectivity index (χ4n) is 1.29. The molecule has 0 atom stereocenters. The molecule has 0 radical (unpaired) electrons. The highest BCUT2D eigenvalue weighted by atomic mass is 32.2. The molecule has 0 aliphatic heterocycles. The van der Waals surface area contributed by atoms with Gasteiger partial charge in [-0.1, -0.05) is 0 Å². The van der Waals surface area contributed by atoms with E-state index in [-0.39, 0.29) is 11.5 Å². The number of carbonyl (C=O) groups is 1. The van der Waals surface area contributed by atoms with Gasteiger partial charge in [0.2, 0.25) is 10.0 Å². The molecule has 0 fully saturated rings. The molecule has 7 nitrogen and oxygen atoms in total. The van der Waals surface area contributed by atoms with Crippen molar-refractivity contribution >= 4 is 15.9 Å². The Bertz CT molecular complexity index is 539. The highest BCUT2D eigenvalue weighted by Crippen LogP contribution is 2.13. The highest BCUT2D eigenvalue weighted by Gasteiger charge is 2.17. The van der Waals surface area contributed by atoms with Gasteiger partial charge in [-0.2, -0.15) is 0 Å². The van der Waals surface area contributed by atoms with Crippen molar-refractivity contribution in [3.05, 3.63) is 29.8 Å². The number of sulfonamides is 1. The largest absolute Gasteiger partial charge is 0.382 e. The molecule has 1 amide bonds. The molecular weight excluding hydrogens is 284 g/mol. The number of methoxy groups -OCH3 is 1. The maximum absolute atomic E-state index is 11.8. The molecule has 1 rings (SSSR count). The quantitative estimate of drug-likeness (QED) is 0.576. The Hall–Kier alpha value is -1.48. The zero-order valence-corrected chi connectivity index (χ0v) is 12.4. The summed E-state index contributed by atoms with van der Waals surface area (Å²) >= 11 is 0. The van der Waals surface area contributed by atoms with Gasteiger partial charge in [0.25, 0.3) is 5.91 Å². The van der Waals surface area contributed by atoms with E-state index in [2.05, 4.69) is 5.48 Å². The second-order valence-electron chi connectivity index (χ2n) is 4.08. The van der Waals surface area contributed by atoms with Crippen molar-refractivity contribution < 1.29 is 22.8 Å². The first-order chi connectivity index (χ1) is 9.39. The van der Waals surface area contributed by atoms with Gasteiger partial charge in [0.15, 0.2) is 0 Å². The van der Waals surface area contributed by atoms with Gasteiger partial charge in [-0.3, -0.25) is 9.63 Å². The monoisotopic (exact) mass is 302 g/mol. The first-order valence-corrected chi connectivity index (χ1v) is 7.27. The Balaban J connectivity index is 2.69. The summed E-state index contributed by atoms with van der Waals surface area (Å²) in [4.78, 5) is 16.7. The Kier molecular flexibility index (Phi) is 6.08. The molecule has 0 heterocycles. The van der Waals surface area contributed by atoms with Crippen LogP contribution in [0.1, 0.15) is 10.4 Å². The summed E-state index contributed by atoms with van der Waals surface area (Å²) in [5.74, 6) is -0.449. The number of benzene rings is 1. The zero-order valence-electron chi connectivity index (χ0n) is 11.6. The van der Waals surface area contributed by atoms with Gasteiger partial charge < -0.3 is 4.74 Å². The molecule has 0 aliphatic rings. The molecule has 0 unspecified atom stereocenters. The van der Waals surface area contributed by atoms with Crippen LogP contribution in [0.25, 0.3) is 0 Å². The highest BCUT2D eigenvalue weighted by molar-refractivity contribution is 7.89. The lowest BCUT2D eigenvalue weighted by Gasteiger charge is -2.11. The van der Waals surface area contributed by atoms with E-state index in [0.717, 1.165) is 4.31 Å². The van der Waals surface area contributed by atoms with Gasteiger partial charge in [0.05, 0.1) is 18.1 Å². The number of rotatable bonds is 7. The second-order valence-corrected chi connectivity index (χ2v) is 6.24. The molecule has 0 bridgehead atoms. The summed E-state index contributed by atoms with van der Waals surface area (Å²) in [6, 6.07) is 5.59. The first kappa shape index (κ1) is 16.6. The van der Waals surface area contributed by atoms with Crippen LogP contribution < -0.4 is 5.48 Å². The lowest BCUT2D eigenvalue weighted by Crippen LogP contribution is -2.26. The number of nitrogens with zero attached hydrogens (tertiary/aromatic N) is 1. The number of hydrogen-bond acceptors (Lipinski definition) is 5. The van der Waals surface area contributed by atoms with Crippen molar-refractivity contribution in [1.82, 2.24) is 9.79 Å². The van der Waals surface area contributed by atoms with Crippen LogP contribution in [0.2, 0.25) is 0 Å². The van der Waals surface area contributed by atoms with Crippen molar-refractivity contribution in [2.45, 2.75) is 4.90 Å². The third kappa shape index (κ3) is 4.27. The molecule has 0 saturated carbocycles. The number of ether oxygens (including phenoxy) is 1. The number of amides is 1. The summed E-state index contributed by atoms with van der Waals surface area (Å²) in [6.07, 6.45) is 0. The lowest BCUT2D eigenvalue weighted by molar-refractivity contribution is 0.00888. The van der Waals surface area contributed by atoms with Gasteiger partial charge in [-0.15, -0.1) is 0 Å². The SMILES string of the molecule is COCCONC(=O)c1ccc(S(=O)(=O)N(C)C)cc1. The van der Waals surface area contributed by atoms with Crippen molar-refractivity contribution in [3.8, 4) is 0 Å². The maximum atomic E-state index is 11.8. The van der Waals surface area contributed by atoms with Crippen molar-refractivity contribution in [1.29, 1.82) is 0 Å². The van der Waals surface area contributed by atoms with E-state index in [4.69, 9.17) is 9.57 Å². The topological polar surface area (TPSA) is 84.9 Å². The summed E-state index contributed by atoms with van der Waals surface area (Å²) in [6.45, 7) is 0.593. The van der Waals surface area contributed by atoms with Gasteiger partial charge in [0.1, 0.15) is 0 Å². The smallest absolute Gasteiger partial charge is 0.274 e. The van der Waals surface area contributed by atoms with Crippen LogP contribution >= 0.6 is 0 Å². The van der Waals surface area contributed by atoms with E-state index >= 15 is 0 Å². The zero-order chi connectivity index (χ0) is 15.2. The average Bonchev–Trinajstić information content (AvgIpc) is 2.43. The van der Waals surface area contributed by atoms with Gasteiger partial charge in [-0.25, -0.2) is 18.2 Å². The number of nitrogens with one attached hydrogen (secondary N) is 1. The molecule has 112 valence electrons. The van der Waals surface area contributed by atoms with E-state index in [9.17, 15) is 13.2 Å². The fourth-order valence-corrected chi connectivity index (χ4v) is 2.19. The predicted molar refractivity (Wildman–Crippen MR) is 72.6 cm³/mol. The van der Waals surface area contributed by atoms with Crippen LogP contribution in [0.3, 0.4) is 0 Å². The Morgan fingerprint density at radius 1 is 1.20 bits per heavy atom. The van der Waals surface area contributed by atoms with Gasteiger partial charge in [0, 0.05) is 26.8 Å². The molecule has 1 N–H and O–H groups in total. The number of hydroxylamine groups is 1. The molecular formula is C12H18N2O5S. The molecule has 0 aliphatic carbocycles. The van der Waals surface area contributed by atoms with Crippen LogP contribution in [0.15, 0.2) is 29.2 Å². The van der Waals surface area contributed by atoms with Crippen LogP contribution in [0.4, 0.5) is 0 Å². The third-order valence-electron chi connectivity index (χ3n) is 2.45. The number of carbonyl (C=O) groups excluding carboxylic acids is 1. The van der Waals surface area contributed by atoms with Crippen LogP contribution in [0.5, 0.6) is 0 Å². The summed E-state index contributed by atoms with van der Waals surface area (Å²) < 4.78 is 29.6. The van der Waals surface area contributed by atoms with Crippen LogP contribution in [-0.2, 0) is 19.6 Å². The molecule has 0 saturated heterocycles. The molecule has 1 aromatic carbocycles. The number of hydrogen-bond donors (Lipinski definition) is 1. The molecule has 0 aromatic heterocycles. The van der Waals surface area contributed by atoms with Crippen LogP contribution in [0, 0.1) is 0 Å². The predicted octanol–water partition coefficient (Wildman–Crippen LogP) is 0.245. The van der Waals surface area contributed by atoms with Crippen molar-refractivity contribution in [2.75, 3.05) is 34.4 Å². The maximum Gasteiger partial charge on any atom is 0.274 e. The summed E-state index contributed by atoms with van der Waals surface area (Å²) in [7, 11) is 0.921. The molecule has 8 heteroatoms. The minimum absolute atomic E-state index is 0.124. The minimum atomic E-state index is -3.49. The van der Waals surface area contributed by atoms with E-state index in [1.54, 1.807) is 0 Å². The Morgan fingerprint density at radius 3 is 2.30 bits per heavy atom. The van der Waals surface area contributed by atoms with Crippen molar-refractivity contribution in [2.24, 2.45) is 0 Å². The van der Waals surface area contributed by atoms with E-state index in [0.29, 0.717) is 12.2 Å². The summed E-state index contributed by atoms with van der Waals surface area (Å²) in [5.41, 5.74) is 2.54. The normalized spacial score (nSPS) is 11.6. The molecule has 0 spiro atoms. The lowest BCUT2D eigenvalue weighted by atomic mass is 10.2. The van der Waals surface area contributed by atoms with E-state index < -0.39 is 15.9 Å². The Labute approximate surface area is 118 Å². The second kappa shape index (κ2) is 7.34. The van der Waals surface area contributed by atoms with Gasteiger partial charge >= 0.3 is 0 Å². The molecule has 1 aromatic rings. The standard InChI is InChI=1S/C12H18N2O5S/c1-14(2)20(16,17)11-6-4-10(5-7-11)12(15)13-19-9-8-18-3/h4-7H,8-9H2,1-3H3,(H,13,15). The molecule has 20 heavy (non-hydrogen) atoms. The summed E-state index contributed by atoms with van der Waals surface area (Å²) in [5, 5.41) is 0. The first-order valence-electron chi connectivity index (χ1n) is 5.83. The van der Waals surface area contributed by atoms with Gasteiger partial charge in [-0.05, 0) is 24.3 Å². The van der Waals surface area contributed by atoms with E-state index in [1.807, 2.05) is 0 Å². The average molecular weight is 302 g/mol. The van der Waals surface area contributed by atoms with E-state index in [1.165, 1.54) is 45.5 Å². The third-order valence-corrected chi connectivity index (χ3v) is 4.28. The fraction of sp³-hybridized carbons (Fsp3) is 0.417. The van der Waals surface area contributed by atoms with Crippen LogP contribution in [-0.4, -0.2) is 53.0 Å². The Morgan fingerprint density at radius 2 is 1.80 bits per heavy atom.